The van der Waals surface area contributed by atoms with E-state index in [1.807, 2.05) is 0 Å². The van der Waals surface area contributed by atoms with Crippen LogP contribution in [0.1, 0.15) is 92.4 Å². The van der Waals surface area contributed by atoms with Gasteiger partial charge in [-0.3, -0.25) is 0 Å². The van der Waals surface area contributed by atoms with Gasteiger partial charge in [-0.1, -0.05) is 32.4 Å². The first-order chi connectivity index (χ1) is 29.4. The van der Waals surface area contributed by atoms with Gasteiger partial charge in [0.2, 0.25) is 0 Å². The third kappa shape index (κ3) is 7.49. The Morgan fingerprint density at radius 3 is 1.95 bits per heavy atom. The van der Waals surface area contributed by atoms with Gasteiger partial charge in [0, 0.05) is 18.3 Å². The van der Waals surface area contributed by atoms with Gasteiger partial charge in [-0.05, 0) is 99.7 Å². The van der Waals surface area contributed by atoms with Crippen molar-refractivity contribution in [3.8, 4) is 0 Å². The zero-order chi connectivity index (χ0) is 44.2. The van der Waals surface area contributed by atoms with E-state index in [1.54, 1.807) is 0 Å². The maximum absolute atomic E-state index is 12.0. The Bertz CT molecular complexity index is 1610. The van der Waals surface area contributed by atoms with Crippen molar-refractivity contribution in [3.05, 3.63) is 11.6 Å². The summed E-state index contributed by atoms with van der Waals surface area (Å²) in [4.78, 5) is 0. The summed E-state index contributed by atoms with van der Waals surface area (Å²) in [7, 11) is 0. The Morgan fingerprint density at radius 2 is 1.34 bits per heavy atom. The molecule has 26 atom stereocenters. The number of aliphatic hydroxyl groups is 9. The lowest BCUT2D eigenvalue weighted by Crippen LogP contribution is -2.66. The van der Waals surface area contributed by atoms with E-state index in [4.69, 9.17) is 37.9 Å². The molecule has 5 heterocycles. The second-order valence-electron chi connectivity index (χ2n) is 21.1. The van der Waals surface area contributed by atoms with Crippen LogP contribution in [-0.2, 0) is 37.9 Å². The number of hydrogen-bond acceptors (Lipinski definition) is 17. The molecule has 1 spiro atoms. The van der Waals surface area contributed by atoms with Gasteiger partial charge >= 0.3 is 0 Å². The van der Waals surface area contributed by atoms with Crippen molar-refractivity contribution in [3.63, 3.8) is 0 Å². The molecule has 17 nitrogen and oxygen atoms in total. The van der Waals surface area contributed by atoms with Crippen LogP contribution in [0.25, 0.3) is 0 Å². The lowest BCUT2D eigenvalue weighted by atomic mass is 9.47. The summed E-state index contributed by atoms with van der Waals surface area (Å²) < 4.78 is 50.0. The van der Waals surface area contributed by atoms with E-state index >= 15 is 0 Å². The van der Waals surface area contributed by atoms with Gasteiger partial charge in [0.25, 0.3) is 0 Å². The maximum Gasteiger partial charge on any atom is 0.187 e. The minimum Gasteiger partial charge on any atom is -0.396 e. The average Bonchev–Trinajstić information content (AvgIpc) is 3.72. The predicted molar refractivity (Wildman–Crippen MR) is 214 cm³/mol. The second kappa shape index (κ2) is 17.3. The summed E-state index contributed by atoms with van der Waals surface area (Å²) in [5, 5.41) is 96.8. The van der Waals surface area contributed by atoms with Crippen LogP contribution in [0.4, 0.5) is 0 Å². The van der Waals surface area contributed by atoms with Crippen LogP contribution in [0.2, 0.25) is 0 Å². The molecule has 3 saturated carbocycles. The molecule has 8 fully saturated rings. The molecule has 5 aliphatic heterocycles. The van der Waals surface area contributed by atoms with Gasteiger partial charge in [0.15, 0.2) is 24.7 Å². The number of rotatable bonds is 8. The fraction of sp³-hybridized carbons (Fsp3) is 0.956. The van der Waals surface area contributed by atoms with Crippen molar-refractivity contribution in [2.45, 2.75) is 203 Å². The van der Waals surface area contributed by atoms with Crippen molar-refractivity contribution in [1.82, 2.24) is 0 Å². The van der Waals surface area contributed by atoms with Crippen LogP contribution in [0, 0.1) is 46.3 Å². The average molecular weight is 885 g/mol. The molecule has 0 radical (unpaired) electrons. The Morgan fingerprint density at radius 1 is 0.677 bits per heavy atom. The topological polar surface area (TPSA) is 256 Å². The maximum atomic E-state index is 12.0. The predicted octanol–water partition coefficient (Wildman–Crippen LogP) is 0.214. The molecule has 0 aromatic rings. The van der Waals surface area contributed by atoms with Crippen LogP contribution in [0.5, 0.6) is 0 Å². The number of aliphatic hydroxyl groups excluding tert-OH is 9. The summed E-state index contributed by atoms with van der Waals surface area (Å²) in [5.74, 6) is 1.43. The number of hydrogen-bond donors (Lipinski definition) is 9. The zero-order valence-corrected chi connectivity index (χ0v) is 36.6. The smallest absolute Gasteiger partial charge is 0.187 e. The molecule has 0 aromatic heterocycles. The summed E-state index contributed by atoms with van der Waals surface area (Å²) in [6.45, 7) is 10.1. The quantitative estimate of drug-likeness (QED) is 0.148. The molecule has 9 aliphatic rings. The Kier molecular flexibility index (Phi) is 12.9. The van der Waals surface area contributed by atoms with Crippen molar-refractivity contribution >= 4 is 0 Å². The first-order valence-electron chi connectivity index (χ1n) is 23.4. The lowest BCUT2D eigenvalue weighted by molar-refractivity contribution is -0.388. The summed E-state index contributed by atoms with van der Waals surface area (Å²) in [5.41, 5.74) is 1.29. The number of fused-ring (bicyclic) bond motifs is 7. The van der Waals surface area contributed by atoms with Crippen molar-refractivity contribution in [2.75, 3.05) is 19.8 Å². The van der Waals surface area contributed by atoms with E-state index in [2.05, 4.69) is 26.8 Å². The van der Waals surface area contributed by atoms with E-state index in [0.29, 0.717) is 43.1 Å². The fourth-order valence-corrected chi connectivity index (χ4v) is 14.0. The third-order valence-corrected chi connectivity index (χ3v) is 17.6. The van der Waals surface area contributed by atoms with Crippen molar-refractivity contribution < 1.29 is 83.9 Å². The van der Waals surface area contributed by atoms with Crippen LogP contribution in [-0.4, -0.2) is 176 Å². The highest BCUT2D eigenvalue weighted by atomic mass is 16.8. The highest BCUT2D eigenvalue weighted by molar-refractivity contribution is 5.26. The lowest BCUT2D eigenvalue weighted by Gasteiger charge is -2.59. The van der Waals surface area contributed by atoms with Crippen LogP contribution in [0.3, 0.4) is 0 Å². The van der Waals surface area contributed by atoms with Gasteiger partial charge in [-0.25, -0.2) is 0 Å². The Labute approximate surface area is 363 Å². The van der Waals surface area contributed by atoms with Crippen molar-refractivity contribution in [1.29, 1.82) is 0 Å². The molecular weight excluding hydrogens is 812 g/mol. The van der Waals surface area contributed by atoms with Crippen LogP contribution >= 0.6 is 0 Å². The minimum absolute atomic E-state index is 0.0316. The normalized spacial score (nSPS) is 57.6. The number of allylic oxidation sites excluding steroid dienone is 1. The monoisotopic (exact) mass is 884 g/mol. The number of ether oxygens (including phenoxy) is 8. The van der Waals surface area contributed by atoms with E-state index < -0.39 is 105 Å². The highest BCUT2D eigenvalue weighted by Gasteiger charge is 2.70. The molecule has 9 rings (SSSR count). The summed E-state index contributed by atoms with van der Waals surface area (Å²) in [6.07, 6.45) is -11.5. The largest absolute Gasteiger partial charge is 0.396 e. The zero-order valence-electron chi connectivity index (χ0n) is 36.6. The first kappa shape index (κ1) is 46.2. The van der Waals surface area contributed by atoms with E-state index in [-0.39, 0.29) is 41.5 Å². The highest BCUT2D eigenvalue weighted by Crippen LogP contribution is 2.70. The van der Waals surface area contributed by atoms with Gasteiger partial charge in [0.1, 0.15) is 61.0 Å². The van der Waals surface area contributed by atoms with Gasteiger partial charge in [-0.15, -0.1) is 0 Å². The second-order valence-corrected chi connectivity index (χ2v) is 21.1. The standard InChI is InChI=1S/C45H72O17/c1-19-8-13-45(55-18-19)27(16-46)30-28(62-45)15-26-24-7-6-22-14-23(9-11-43(22,4)25(24)10-12-44(26,30)5)58-42-39(61-41-36(53)34(51)32(49)21(3)57-41)37(54)38(29(17-47)59-42)60-40-35(52)33(50)31(48)20(2)56-40/h6,19-21,23-42,46-54H,7-18H2,1-5H3/t19-,20-,21-,23-,24+,25-,26-,27-,28-,29+,30-,31-,32-,33+,34+,35+,36+,37-,38+,39+,40-,41-,42+,43-,44-,45+/m0/s1. The SMILES string of the molecule is C[C@H]1CC[C@@]2(OC1)O[C@H]1C[C@H]3[C@@H]4CC=C5C[C@@H](O[C@@H]6O[C@H](CO)[C@@H](O[C@@H]7O[C@@H](C)[C@H](O)[C@@H](O)[C@H]7O)[C@H](O)[C@H]6O[C@@H]6O[C@@H](C)[C@H](O)[C@@H](O)[C@H]6O)CC[C@]5(C)[C@H]4CC[C@]3(C)[C@H]1[C@@H]2CO. The fourth-order valence-electron chi connectivity index (χ4n) is 14.0. The molecule has 62 heavy (non-hydrogen) atoms. The minimum atomic E-state index is -1.72. The molecule has 5 saturated heterocycles. The van der Waals surface area contributed by atoms with Crippen molar-refractivity contribution in [2.24, 2.45) is 46.3 Å². The van der Waals surface area contributed by atoms with Gasteiger partial charge < -0.3 is 83.9 Å². The molecule has 0 amide bonds. The summed E-state index contributed by atoms with van der Waals surface area (Å²) >= 11 is 0. The molecular formula is C45H72O17. The summed E-state index contributed by atoms with van der Waals surface area (Å²) in [6, 6.07) is 0. The Balaban J connectivity index is 0.919. The molecule has 17 heteroatoms. The first-order valence-corrected chi connectivity index (χ1v) is 23.4. The van der Waals surface area contributed by atoms with Crippen LogP contribution < -0.4 is 0 Å². The molecule has 9 N–H and O–H groups in total. The van der Waals surface area contributed by atoms with E-state index in [0.717, 1.165) is 44.9 Å². The van der Waals surface area contributed by atoms with Gasteiger partial charge in [-0.2, -0.15) is 0 Å². The van der Waals surface area contributed by atoms with Gasteiger partial charge in [0.05, 0.1) is 44.2 Å². The molecule has 0 bridgehead atoms. The molecule has 4 aliphatic carbocycles. The van der Waals surface area contributed by atoms with E-state index in [1.165, 1.54) is 19.4 Å². The molecule has 0 unspecified atom stereocenters. The van der Waals surface area contributed by atoms with Crippen LogP contribution in [0.15, 0.2) is 11.6 Å². The Hall–Kier alpha value is -0.940. The molecule has 354 valence electrons. The van der Waals surface area contributed by atoms with E-state index in [9.17, 15) is 46.0 Å². The third-order valence-electron chi connectivity index (χ3n) is 17.6. The molecule has 0 aromatic carbocycles.